The van der Waals surface area contributed by atoms with E-state index < -0.39 is 0 Å². The van der Waals surface area contributed by atoms with E-state index in [1.807, 2.05) is 34.1 Å². The van der Waals surface area contributed by atoms with E-state index in [9.17, 15) is 9.59 Å². The Hall–Kier alpha value is -2.93. The van der Waals surface area contributed by atoms with Gasteiger partial charge in [-0.25, -0.2) is 0 Å². The predicted octanol–water partition coefficient (Wildman–Crippen LogP) is 2.91. The van der Waals surface area contributed by atoms with E-state index in [1.54, 1.807) is 14.0 Å². The molecule has 5 rings (SSSR count). The highest BCUT2D eigenvalue weighted by Crippen LogP contribution is 2.40. The topological polar surface area (TPSA) is 56.3 Å². The molecule has 2 aromatic carbocycles. The fraction of sp³-hybridized carbons (Fsp3) is 0.462. The van der Waals surface area contributed by atoms with Crippen LogP contribution in [0.5, 0.6) is 5.75 Å². The van der Waals surface area contributed by atoms with Crippen LogP contribution in [0.4, 0.5) is 11.4 Å². The van der Waals surface area contributed by atoms with Gasteiger partial charge in [-0.1, -0.05) is 29.8 Å². The van der Waals surface area contributed by atoms with E-state index in [0.717, 1.165) is 41.8 Å². The van der Waals surface area contributed by atoms with E-state index in [1.165, 1.54) is 5.56 Å². The van der Waals surface area contributed by atoms with Crippen molar-refractivity contribution in [3.63, 3.8) is 0 Å². The van der Waals surface area contributed by atoms with Crippen LogP contribution in [0.3, 0.4) is 0 Å². The third-order valence-electron chi connectivity index (χ3n) is 7.47. The number of carbonyl (C=O) groups excluding carboxylic acids is 2. The summed E-state index contributed by atoms with van der Waals surface area (Å²) < 4.78 is 5.50. The van der Waals surface area contributed by atoms with Crippen molar-refractivity contribution in [1.29, 1.82) is 0 Å². The van der Waals surface area contributed by atoms with Gasteiger partial charge in [-0.3, -0.25) is 9.59 Å². The number of piperazine rings is 2. The average molecular weight is 483 g/mol. The molecule has 3 aliphatic heterocycles. The number of ether oxygens (including phenoxy) is 1. The number of rotatable bonds is 3. The van der Waals surface area contributed by atoms with E-state index in [4.69, 9.17) is 16.3 Å². The standard InChI is InChI=1S/C26H31ClN4O3/c1-18(32)28-9-11-29(12-10-28)26(33)21-15-19-7-8-20(34-2)16-24(19)31-14-13-30(17-25(21)31)23-6-4-3-5-22(23)27/h3-8,16,21,25H,9-15,17H2,1-2H3. The van der Waals surface area contributed by atoms with Crippen molar-refractivity contribution >= 4 is 34.8 Å². The molecule has 3 aliphatic rings. The van der Waals surface area contributed by atoms with Gasteiger partial charge in [0.2, 0.25) is 11.8 Å². The van der Waals surface area contributed by atoms with Crippen LogP contribution < -0.4 is 14.5 Å². The smallest absolute Gasteiger partial charge is 0.228 e. The molecule has 3 heterocycles. The SMILES string of the molecule is COc1ccc2c(c1)N1CCN(c3ccccc3Cl)CC1C(C(=O)N1CCN(C(C)=O)CC1)C2. The summed E-state index contributed by atoms with van der Waals surface area (Å²) >= 11 is 6.53. The first kappa shape index (κ1) is 22.8. The van der Waals surface area contributed by atoms with Gasteiger partial charge in [-0.05, 0) is 30.2 Å². The van der Waals surface area contributed by atoms with Crippen LogP contribution in [0, 0.1) is 5.92 Å². The van der Waals surface area contributed by atoms with Crippen LogP contribution in [0.15, 0.2) is 42.5 Å². The molecule has 0 bridgehead atoms. The molecule has 0 aromatic heterocycles. The maximum absolute atomic E-state index is 13.9. The molecular weight excluding hydrogens is 452 g/mol. The first-order valence-electron chi connectivity index (χ1n) is 11.9. The Balaban J connectivity index is 1.44. The lowest BCUT2D eigenvalue weighted by molar-refractivity contribution is -0.142. The van der Waals surface area contributed by atoms with Crippen molar-refractivity contribution < 1.29 is 14.3 Å². The number of hydrogen-bond acceptors (Lipinski definition) is 5. The average Bonchev–Trinajstić information content (AvgIpc) is 2.87. The highest BCUT2D eigenvalue weighted by atomic mass is 35.5. The molecule has 0 radical (unpaired) electrons. The molecule has 34 heavy (non-hydrogen) atoms. The highest BCUT2D eigenvalue weighted by Gasteiger charge is 2.43. The number of carbonyl (C=O) groups is 2. The molecule has 2 amide bonds. The molecule has 0 N–H and O–H groups in total. The number of methoxy groups -OCH3 is 1. The first-order chi connectivity index (χ1) is 16.5. The molecule has 0 saturated carbocycles. The van der Waals surface area contributed by atoms with Crippen molar-refractivity contribution in [3.05, 3.63) is 53.1 Å². The van der Waals surface area contributed by atoms with Gasteiger partial charge in [0, 0.05) is 64.5 Å². The lowest BCUT2D eigenvalue weighted by Gasteiger charge is -2.50. The van der Waals surface area contributed by atoms with E-state index in [-0.39, 0.29) is 23.8 Å². The molecule has 2 aromatic rings. The number of anilines is 2. The molecule has 2 fully saturated rings. The summed E-state index contributed by atoms with van der Waals surface area (Å²) in [6, 6.07) is 14.1. The number of halogens is 1. The summed E-state index contributed by atoms with van der Waals surface area (Å²) in [4.78, 5) is 34.1. The van der Waals surface area contributed by atoms with Crippen molar-refractivity contribution in [2.75, 3.05) is 62.7 Å². The van der Waals surface area contributed by atoms with Crippen LogP contribution in [-0.2, 0) is 16.0 Å². The number of para-hydroxylation sites is 1. The molecule has 2 unspecified atom stereocenters. The summed E-state index contributed by atoms with van der Waals surface area (Å²) in [6.07, 6.45) is 0.697. The third-order valence-corrected chi connectivity index (χ3v) is 7.79. The number of hydrogen-bond donors (Lipinski definition) is 0. The minimum Gasteiger partial charge on any atom is -0.497 e. The Morgan fingerprint density at radius 1 is 0.941 bits per heavy atom. The number of fused-ring (bicyclic) bond motifs is 3. The van der Waals surface area contributed by atoms with Crippen LogP contribution in [0.25, 0.3) is 0 Å². The normalized spacial score (nSPS) is 22.2. The van der Waals surface area contributed by atoms with Gasteiger partial charge in [0.05, 0.1) is 29.8 Å². The number of amides is 2. The fourth-order valence-electron chi connectivity index (χ4n) is 5.59. The van der Waals surface area contributed by atoms with Crippen molar-refractivity contribution in [2.45, 2.75) is 19.4 Å². The van der Waals surface area contributed by atoms with Crippen molar-refractivity contribution in [2.24, 2.45) is 5.92 Å². The van der Waals surface area contributed by atoms with E-state index >= 15 is 0 Å². The number of benzene rings is 2. The second kappa shape index (κ2) is 9.37. The van der Waals surface area contributed by atoms with Gasteiger partial charge in [-0.15, -0.1) is 0 Å². The van der Waals surface area contributed by atoms with E-state index in [2.05, 4.69) is 28.0 Å². The second-order valence-electron chi connectivity index (χ2n) is 9.29. The Morgan fingerprint density at radius 3 is 2.38 bits per heavy atom. The maximum Gasteiger partial charge on any atom is 0.228 e. The monoisotopic (exact) mass is 482 g/mol. The Kier molecular flexibility index (Phi) is 6.30. The molecule has 8 heteroatoms. The lowest BCUT2D eigenvalue weighted by Crippen LogP contribution is -2.62. The van der Waals surface area contributed by atoms with Crippen LogP contribution >= 0.6 is 11.6 Å². The summed E-state index contributed by atoms with van der Waals surface area (Å²) in [5.74, 6) is 0.924. The Morgan fingerprint density at radius 2 is 1.68 bits per heavy atom. The molecule has 7 nitrogen and oxygen atoms in total. The predicted molar refractivity (Wildman–Crippen MR) is 134 cm³/mol. The largest absolute Gasteiger partial charge is 0.497 e. The van der Waals surface area contributed by atoms with E-state index in [0.29, 0.717) is 32.6 Å². The molecule has 0 spiro atoms. The molecule has 2 atom stereocenters. The second-order valence-corrected chi connectivity index (χ2v) is 9.70. The number of nitrogens with zero attached hydrogens (tertiary/aromatic N) is 4. The highest BCUT2D eigenvalue weighted by molar-refractivity contribution is 6.33. The van der Waals surface area contributed by atoms with Gasteiger partial charge in [-0.2, -0.15) is 0 Å². The first-order valence-corrected chi connectivity index (χ1v) is 12.3. The molecular formula is C26H31ClN4O3. The Labute approximate surface area is 205 Å². The Bertz CT molecular complexity index is 1090. The van der Waals surface area contributed by atoms with Crippen molar-refractivity contribution in [3.8, 4) is 5.75 Å². The zero-order valence-electron chi connectivity index (χ0n) is 19.7. The van der Waals surface area contributed by atoms with Gasteiger partial charge in [0.25, 0.3) is 0 Å². The fourth-order valence-corrected chi connectivity index (χ4v) is 5.85. The minimum atomic E-state index is -0.157. The summed E-state index contributed by atoms with van der Waals surface area (Å²) in [7, 11) is 1.68. The van der Waals surface area contributed by atoms with Crippen LogP contribution in [0.2, 0.25) is 5.02 Å². The summed E-state index contributed by atoms with van der Waals surface area (Å²) in [5, 5.41) is 0.733. The molecule has 180 valence electrons. The minimum absolute atomic E-state index is 0.0305. The van der Waals surface area contributed by atoms with Crippen LogP contribution in [0.1, 0.15) is 12.5 Å². The molecule has 0 aliphatic carbocycles. The summed E-state index contributed by atoms with van der Waals surface area (Å²) in [5.41, 5.74) is 3.36. The summed E-state index contributed by atoms with van der Waals surface area (Å²) in [6.45, 7) is 6.32. The lowest BCUT2D eigenvalue weighted by atomic mass is 9.82. The quantitative estimate of drug-likeness (QED) is 0.673. The zero-order chi connectivity index (χ0) is 23.8. The van der Waals surface area contributed by atoms with Gasteiger partial charge in [0.1, 0.15) is 5.75 Å². The van der Waals surface area contributed by atoms with Gasteiger partial charge in [0.15, 0.2) is 0 Å². The van der Waals surface area contributed by atoms with Gasteiger partial charge >= 0.3 is 0 Å². The molecule has 2 saturated heterocycles. The van der Waals surface area contributed by atoms with Crippen molar-refractivity contribution in [1.82, 2.24) is 9.80 Å². The van der Waals surface area contributed by atoms with Crippen LogP contribution in [-0.4, -0.2) is 80.6 Å². The third kappa shape index (κ3) is 4.17. The van der Waals surface area contributed by atoms with Gasteiger partial charge < -0.3 is 24.3 Å². The maximum atomic E-state index is 13.9. The zero-order valence-corrected chi connectivity index (χ0v) is 20.5.